The second-order valence-corrected chi connectivity index (χ2v) is 8.35. The van der Waals surface area contributed by atoms with Crippen molar-refractivity contribution in [3.05, 3.63) is 29.8 Å². The quantitative estimate of drug-likeness (QED) is 0.670. The molecule has 0 amide bonds. The van der Waals surface area contributed by atoms with Crippen LogP contribution in [0, 0.1) is 6.92 Å². The monoisotopic (exact) mass is 301 g/mol. The topological polar surface area (TPSA) is 46.2 Å². The summed E-state index contributed by atoms with van der Waals surface area (Å²) in [5, 5.41) is 3.13. The van der Waals surface area contributed by atoms with Crippen LogP contribution < -0.4 is 5.32 Å². The number of aryl methyl sites for hydroxylation is 1. The Bertz CT molecular complexity index is 554. The lowest BCUT2D eigenvalue weighted by atomic mass is 10.2. The summed E-state index contributed by atoms with van der Waals surface area (Å²) in [6.45, 7) is 2.03. The highest BCUT2D eigenvalue weighted by atomic mass is 32.2. The Labute approximate surface area is 117 Å². The minimum absolute atomic E-state index is 0.0287. The standard InChI is InChI=1S/C12H15NO2S3/c1-9-4-2-3-5-11(9)17-12(16)13-10-6-7-18(14,15)8-10/h2-5,10H,6-8H2,1H3,(H,13,16). The molecule has 1 aliphatic heterocycles. The summed E-state index contributed by atoms with van der Waals surface area (Å²) in [5.41, 5.74) is 1.17. The van der Waals surface area contributed by atoms with Gasteiger partial charge in [0.25, 0.3) is 0 Å². The summed E-state index contributed by atoms with van der Waals surface area (Å²) in [4.78, 5) is 1.11. The van der Waals surface area contributed by atoms with Gasteiger partial charge in [0.2, 0.25) is 0 Å². The van der Waals surface area contributed by atoms with Gasteiger partial charge in [-0.25, -0.2) is 8.42 Å². The molecule has 18 heavy (non-hydrogen) atoms. The van der Waals surface area contributed by atoms with Gasteiger partial charge in [-0.2, -0.15) is 0 Å². The van der Waals surface area contributed by atoms with E-state index in [-0.39, 0.29) is 17.5 Å². The fourth-order valence-corrected chi connectivity index (χ4v) is 4.79. The highest BCUT2D eigenvalue weighted by Crippen LogP contribution is 2.23. The third kappa shape index (κ3) is 3.70. The minimum atomic E-state index is -2.85. The number of hydrogen-bond acceptors (Lipinski definition) is 4. The third-order valence-electron chi connectivity index (χ3n) is 2.85. The molecule has 1 unspecified atom stereocenters. The van der Waals surface area contributed by atoms with Crippen LogP contribution in [0.3, 0.4) is 0 Å². The Balaban J connectivity index is 1.92. The number of thioether (sulfide) groups is 1. The van der Waals surface area contributed by atoms with E-state index in [1.165, 1.54) is 17.3 Å². The molecule has 1 aromatic rings. The van der Waals surface area contributed by atoms with Crippen molar-refractivity contribution in [2.75, 3.05) is 11.5 Å². The van der Waals surface area contributed by atoms with Crippen molar-refractivity contribution in [1.29, 1.82) is 0 Å². The molecule has 1 atom stereocenters. The van der Waals surface area contributed by atoms with Crippen molar-refractivity contribution in [3.8, 4) is 0 Å². The summed E-state index contributed by atoms with van der Waals surface area (Å²) in [6, 6.07) is 7.97. The molecule has 0 radical (unpaired) electrons. The first kappa shape index (κ1) is 13.8. The predicted octanol–water partition coefficient (Wildman–Crippen LogP) is 2.15. The highest BCUT2D eigenvalue weighted by molar-refractivity contribution is 8.23. The van der Waals surface area contributed by atoms with Crippen molar-refractivity contribution < 1.29 is 8.42 Å². The zero-order valence-electron chi connectivity index (χ0n) is 10.0. The van der Waals surface area contributed by atoms with Crippen molar-refractivity contribution in [2.24, 2.45) is 0 Å². The van der Waals surface area contributed by atoms with Crippen LogP contribution in [0.4, 0.5) is 0 Å². The molecule has 1 fully saturated rings. The maximum Gasteiger partial charge on any atom is 0.152 e. The summed E-state index contributed by atoms with van der Waals surface area (Å²) < 4.78 is 23.3. The first-order valence-electron chi connectivity index (χ1n) is 5.71. The van der Waals surface area contributed by atoms with Gasteiger partial charge in [0.1, 0.15) is 4.32 Å². The SMILES string of the molecule is Cc1ccccc1SC(=S)NC1CCS(=O)(=O)C1. The van der Waals surface area contributed by atoms with Crippen molar-refractivity contribution in [2.45, 2.75) is 24.3 Å². The lowest BCUT2D eigenvalue weighted by Crippen LogP contribution is -2.32. The molecule has 1 heterocycles. The maximum absolute atomic E-state index is 11.3. The zero-order chi connectivity index (χ0) is 13.2. The maximum atomic E-state index is 11.3. The summed E-state index contributed by atoms with van der Waals surface area (Å²) in [6.07, 6.45) is 0.650. The Morgan fingerprint density at radius 2 is 2.17 bits per heavy atom. The van der Waals surface area contributed by atoms with Gasteiger partial charge in [-0.05, 0) is 25.0 Å². The van der Waals surface area contributed by atoms with Crippen LogP contribution >= 0.6 is 24.0 Å². The van der Waals surface area contributed by atoms with Gasteiger partial charge < -0.3 is 5.32 Å². The van der Waals surface area contributed by atoms with Gasteiger partial charge in [0.05, 0.1) is 11.5 Å². The highest BCUT2D eigenvalue weighted by Gasteiger charge is 2.28. The van der Waals surface area contributed by atoms with Crippen molar-refractivity contribution in [1.82, 2.24) is 5.32 Å². The van der Waals surface area contributed by atoms with E-state index < -0.39 is 9.84 Å². The molecule has 1 N–H and O–H groups in total. The number of sulfone groups is 1. The van der Waals surface area contributed by atoms with Crippen LogP contribution in [0.25, 0.3) is 0 Å². The van der Waals surface area contributed by atoms with E-state index in [9.17, 15) is 8.42 Å². The van der Waals surface area contributed by atoms with Crippen LogP contribution in [0.5, 0.6) is 0 Å². The number of hydrogen-bond donors (Lipinski definition) is 1. The first-order valence-corrected chi connectivity index (χ1v) is 8.75. The van der Waals surface area contributed by atoms with Gasteiger partial charge >= 0.3 is 0 Å². The van der Waals surface area contributed by atoms with E-state index in [1.54, 1.807) is 0 Å². The van der Waals surface area contributed by atoms with Crippen LogP contribution in [0.1, 0.15) is 12.0 Å². The van der Waals surface area contributed by atoms with E-state index in [0.29, 0.717) is 10.7 Å². The second-order valence-electron chi connectivity index (χ2n) is 4.40. The van der Waals surface area contributed by atoms with Gasteiger partial charge in [-0.1, -0.05) is 42.2 Å². The van der Waals surface area contributed by atoms with E-state index in [2.05, 4.69) is 5.32 Å². The molecular weight excluding hydrogens is 286 g/mol. The fraction of sp³-hybridized carbons (Fsp3) is 0.417. The van der Waals surface area contributed by atoms with Gasteiger partial charge in [-0.3, -0.25) is 0 Å². The fourth-order valence-electron chi connectivity index (χ4n) is 1.88. The molecule has 3 nitrogen and oxygen atoms in total. The third-order valence-corrected chi connectivity index (χ3v) is 5.97. The number of rotatable bonds is 2. The molecule has 0 spiro atoms. The van der Waals surface area contributed by atoms with Gasteiger partial charge in [0, 0.05) is 10.9 Å². The molecular formula is C12H15NO2S3. The number of thiocarbonyl (C=S) groups is 1. The van der Waals surface area contributed by atoms with Crippen LogP contribution in [-0.4, -0.2) is 30.3 Å². The Morgan fingerprint density at radius 1 is 1.44 bits per heavy atom. The van der Waals surface area contributed by atoms with Crippen LogP contribution in [0.15, 0.2) is 29.2 Å². The summed E-state index contributed by atoms with van der Waals surface area (Å²) >= 11 is 6.75. The Kier molecular flexibility index (Phi) is 4.29. The van der Waals surface area contributed by atoms with E-state index in [0.717, 1.165) is 4.90 Å². The normalized spacial score (nSPS) is 21.7. The molecule has 1 saturated heterocycles. The Morgan fingerprint density at radius 3 is 2.78 bits per heavy atom. The first-order chi connectivity index (χ1) is 8.46. The molecule has 98 valence electrons. The van der Waals surface area contributed by atoms with E-state index >= 15 is 0 Å². The van der Waals surface area contributed by atoms with Crippen molar-refractivity contribution in [3.63, 3.8) is 0 Å². The molecule has 6 heteroatoms. The number of benzene rings is 1. The van der Waals surface area contributed by atoms with Crippen LogP contribution in [0.2, 0.25) is 0 Å². The molecule has 0 saturated carbocycles. The second kappa shape index (κ2) is 5.59. The molecule has 1 aliphatic rings. The molecule has 0 aromatic heterocycles. The molecule has 0 bridgehead atoms. The minimum Gasteiger partial charge on any atom is -0.367 e. The number of nitrogens with one attached hydrogen (secondary N) is 1. The largest absolute Gasteiger partial charge is 0.367 e. The Hall–Kier alpha value is -0.590. The smallest absolute Gasteiger partial charge is 0.152 e. The summed E-state index contributed by atoms with van der Waals surface area (Å²) in [7, 11) is -2.85. The predicted molar refractivity (Wildman–Crippen MR) is 79.8 cm³/mol. The average molecular weight is 301 g/mol. The van der Waals surface area contributed by atoms with Gasteiger partial charge in [-0.15, -0.1) is 0 Å². The molecule has 0 aliphatic carbocycles. The van der Waals surface area contributed by atoms with Gasteiger partial charge in [0.15, 0.2) is 9.84 Å². The van der Waals surface area contributed by atoms with E-state index in [4.69, 9.17) is 12.2 Å². The lowest BCUT2D eigenvalue weighted by Gasteiger charge is -2.13. The summed E-state index contributed by atoms with van der Waals surface area (Å²) in [5.74, 6) is 0.462. The average Bonchev–Trinajstić information content (AvgIpc) is 2.61. The zero-order valence-corrected chi connectivity index (χ0v) is 12.5. The lowest BCUT2D eigenvalue weighted by molar-refractivity contribution is 0.600. The van der Waals surface area contributed by atoms with E-state index in [1.807, 2.05) is 31.2 Å². The molecule has 1 aromatic carbocycles. The molecule has 2 rings (SSSR count). The van der Waals surface area contributed by atoms with Crippen molar-refractivity contribution >= 4 is 38.1 Å². The van der Waals surface area contributed by atoms with Crippen LogP contribution in [-0.2, 0) is 9.84 Å².